The highest BCUT2D eigenvalue weighted by atomic mass is 35.5. The van der Waals surface area contributed by atoms with Crippen molar-refractivity contribution < 1.29 is 4.74 Å². The Morgan fingerprint density at radius 3 is 3.12 bits per heavy atom. The van der Waals surface area contributed by atoms with E-state index in [1.807, 2.05) is 0 Å². The molecule has 0 amide bonds. The van der Waals surface area contributed by atoms with E-state index in [-0.39, 0.29) is 6.10 Å². The first-order chi connectivity index (χ1) is 7.65. The number of pyridine rings is 1. The Bertz CT molecular complexity index is 372. The van der Waals surface area contributed by atoms with Gasteiger partial charge in [0.15, 0.2) is 5.82 Å². The Labute approximate surface area is 100 Å². The van der Waals surface area contributed by atoms with Crippen LogP contribution in [0, 0.1) is 0 Å². The van der Waals surface area contributed by atoms with Crippen molar-refractivity contribution in [3.63, 3.8) is 0 Å². The normalized spacial score (nSPS) is 25.4. The van der Waals surface area contributed by atoms with Gasteiger partial charge in [-0.25, -0.2) is 4.98 Å². The maximum atomic E-state index is 5.83. The molecule has 4 nitrogen and oxygen atoms in total. The second kappa shape index (κ2) is 4.89. The first-order valence-electron chi connectivity index (χ1n) is 5.45. The zero-order chi connectivity index (χ0) is 11.5. The topological polar surface area (TPSA) is 60.2 Å². The van der Waals surface area contributed by atoms with Crippen LogP contribution in [0.1, 0.15) is 19.8 Å². The molecular weight excluding hydrogens is 226 g/mol. The predicted molar refractivity (Wildman–Crippen MR) is 65.7 cm³/mol. The molecule has 1 fully saturated rings. The molecule has 3 N–H and O–H groups in total. The van der Waals surface area contributed by atoms with E-state index >= 15 is 0 Å². The summed E-state index contributed by atoms with van der Waals surface area (Å²) in [6, 6.07) is 3.81. The molecule has 2 rings (SSSR count). The number of aromatic nitrogens is 1. The van der Waals surface area contributed by atoms with Crippen molar-refractivity contribution in [2.45, 2.75) is 31.9 Å². The molecule has 1 saturated heterocycles. The van der Waals surface area contributed by atoms with Gasteiger partial charge in [0.1, 0.15) is 5.15 Å². The number of halogens is 1. The fourth-order valence-electron chi connectivity index (χ4n) is 1.88. The highest BCUT2D eigenvalue weighted by molar-refractivity contribution is 6.29. The van der Waals surface area contributed by atoms with Crippen LogP contribution in [-0.4, -0.2) is 23.7 Å². The molecule has 2 heterocycles. The highest BCUT2D eigenvalue weighted by Gasteiger charge is 2.20. The molecule has 2 atom stereocenters. The molecule has 1 aliphatic rings. The van der Waals surface area contributed by atoms with Crippen molar-refractivity contribution in [2.24, 2.45) is 0 Å². The van der Waals surface area contributed by atoms with Gasteiger partial charge in [-0.15, -0.1) is 0 Å². The quantitative estimate of drug-likeness (QED) is 0.780. The molecule has 16 heavy (non-hydrogen) atoms. The van der Waals surface area contributed by atoms with Crippen molar-refractivity contribution >= 4 is 23.1 Å². The number of rotatable bonds is 2. The van der Waals surface area contributed by atoms with Gasteiger partial charge in [0.05, 0.1) is 11.8 Å². The molecule has 0 aromatic carbocycles. The fraction of sp³-hybridized carbons (Fsp3) is 0.545. The summed E-state index contributed by atoms with van der Waals surface area (Å²) in [4.78, 5) is 4.18. The number of hydrogen-bond acceptors (Lipinski definition) is 4. The minimum Gasteiger partial charge on any atom is -0.396 e. The lowest BCUT2D eigenvalue weighted by Gasteiger charge is -2.28. The van der Waals surface area contributed by atoms with Crippen molar-refractivity contribution in [1.82, 2.24) is 4.98 Å². The first-order valence-corrected chi connectivity index (χ1v) is 5.83. The summed E-state index contributed by atoms with van der Waals surface area (Å²) in [5, 5.41) is 3.78. The smallest absolute Gasteiger partial charge is 0.151 e. The summed E-state index contributed by atoms with van der Waals surface area (Å²) in [7, 11) is 0. The monoisotopic (exact) mass is 241 g/mol. The van der Waals surface area contributed by atoms with E-state index in [1.54, 1.807) is 12.1 Å². The van der Waals surface area contributed by atoms with Gasteiger partial charge in [-0.2, -0.15) is 0 Å². The van der Waals surface area contributed by atoms with Gasteiger partial charge in [-0.05, 0) is 31.9 Å². The predicted octanol–water partition coefficient (Wildman–Crippen LogP) is 2.30. The van der Waals surface area contributed by atoms with Crippen molar-refractivity contribution in [2.75, 3.05) is 17.7 Å². The molecule has 0 spiro atoms. The molecule has 0 saturated carbocycles. The first kappa shape index (κ1) is 11.5. The highest BCUT2D eigenvalue weighted by Crippen LogP contribution is 2.23. The number of nitrogens with one attached hydrogen (secondary N) is 1. The molecule has 88 valence electrons. The van der Waals surface area contributed by atoms with Gasteiger partial charge in [-0.3, -0.25) is 0 Å². The third kappa shape index (κ3) is 2.77. The van der Waals surface area contributed by atoms with E-state index in [9.17, 15) is 0 Å². The molecule has 5 heteroatoms. The molecule has 0 bridgehead atoms. The number of nitrogens with zero attached hydrogens (tertiary/aromatic N) is 1. The van der Waals surface area contributed by atoms with Crippen LogP contribution in [0.5, 0.6) is 0 Å². The van der Waals surface area contributed by atoms with E-state index in [0.717, 1.165) is 19.4 Å². The molecule has 2 unspecified atom stereocenters. The number of hydrogen-bond donors (Lipinski definition) is 2. The second-order valence-corrected chi connectivity index (χ2v) is 4.51. The Morgan fingerprint density at radius 2 is 2.38 bits per heavy atom. The van der Waals surface area contributed by atoms with Crippen LogP contribution in [0.15, 0.2) is 12.1 Å². The van der Waals surface area contributed by atoms with Crippen LogP contribution in [0.2, 0.25) is 5.15 Å². The largest absolute Gasteiger partial charge is 0.396 e. The fourth-order valence-corrected chi connectivity index (χ4v) is 2.03. The molecule has 1 aliphatic heterocycles. The van der Waals surface area contributed by atoms with Crippen LogP contribution >= 0.6 is 11.6 Å². The maximum absolute atomic E-state index is 5.83. The van der Waals surface area contributed by atoms with Gasteiger partial charge >= 0.3 is 0 Å². The molecular formula is C11H16ClN3O. The van der Waals surface area contributed by atoms with E-state index in [2.05, 4.69) is 17.2 Å². The Balaban J connectivity index is 2.05. The molecule has 0 aliphatic carbocycles. The summed E-state index contributed by atoms with van der Waals surface area (Å²) in [6.07, 6.45) is 2.22. The van der Waals surface area contributed by atoms with Gasteiger partial charge < -0.3 is 15.8 Å². The number of nitrogen functional groups attached to an aromatic ring is 1. The number of anilines is 2. The van der Waals surface area contributed by atoms with Gasteiger partial charge in [0, 0.05) is 12.6 Å². The van der Waals surface area contributed by atoms with Gasteiger partial charge in [0.25, 0.3) is 0 Å². The van der Waals surface area contributed by atoms with Gasteiger partial charge in [-0.1, -0.05) is 11.6 Å². The maximum Gasteiger partial charge on any atom is 0.151 e. The molecule has 1 aromatic rings. The van der Waals surface area contributed by atoms with Crippen LogP contribution in [-0.2, 0) is 4.74 Å². The number of nitrogens with two attached hydrogens (primary N) is 1. The minimum absolute atomic E-state index is 0.284. The lowest BCUT2D eigenvalue weighted by molar-refractivity contribution is 0.0232. The van der Waals surface area contributed by atoms with E-state index in [4.69, 9.17) is 22.1 Å². The van der Waals surface area contributed by atoms with Crippen LogP contribution in [0.3, 0.4) is 0 Å². The molecule has 1 aromatic heterocycles. The third-order valence-corrected chi connectivity index (χ3v) is 2.93. The zero-order valence-corrected chi connectivity index (χ0v) is 10.00. The van der Waals surface area contributed by atoms with E-state index < -0.39 is 0 Å². The van der Waals surface area contributed by atoms with Crippen molar-refractivity contribution in [1.29, 1.82) is 0 Å². The van der Waals surface area contributed by atoms with E-state index in [1.165, 1.54) is 0 Å². The Kier molecular flexibility index (Phi) is 3.51. The van der Waals surface area contributed by atoms with Crippen molar-refractivity contribution in [3.05, 3.63) is 17.3 Å². The summed E-state index contributed by atoms with van der Waals surface area (Å²) in [5.74, 6) is 0.673. The summed E-state index contributed by atoms with van der Waals surface area (Å²) in [6.45, 7) is 2.85. The summed E-state index contributed by atoms with van der Waals surface area (Å²) < 4.78 is 5.48. The van der Waals surface area contributed by atoms with Crippen molar-refractivity contribution in [3.8, 4) is 0 Å². The van der Waals surface area contributed by atoms with Crippen LogP contribution in [0.4, 0.5) is 11.5 Å². The van der Waals surface area contributed by atoms with Crippen LogP contribution in [0.25, 0.3) is 0 Å². The van der Waals surface area contributed by atoms with Gasteiger partial charge in [0.2, 0.25) is 0 Å². The summed E-state index contributed by atoms with van der Waals surface area (Å²) in [5.41, 5.74) is 6.45. The lowest BCUT2D eigenvalue weighted by Crippen LogP contribution is -2.33. The average Bonchev–Trinajstić information content (AvgIpc) is 2.24. The standard InChI is InChI=1S/C11H16ClN3O/c1-7-6-8(4-5-16-7)14-11-9(13)2-3-10(12)15-11/h2-3,7-8H,4-6,13H2,1H3,(H,14,15). The Hall–Kier alpha value is -1.00. The van der Waals surface area contributed by atoms with Crippen LogP contribution < -0.4 is 11.1 Å². The Morgan fingerprint density at radius 1 is 1.56 bits per heavy atom. The lowest BCUT2D eigenvalue weighted by atomic mass is 10.0. The van der Waals surface area contributed by atoms with E-state index in [0.29, 0.717) is 22.7 Å². The summed E-state index contributed by atoms with van der Waals surface area (Å²) >= 11 is 5.83. The molecule has 0 radical (unpaired) electrons. The SMILES string of the molecule is CC1CC(Nc2nc(Cl)ccc2N)CCO1. The zero-order valence-electron chi connectivity index (χ0n) is 9.24. The second-order valence-electron chi connectivity index (χ2n) is 4.12. The third-order valence-electron chi connectivity index (χ3n) is 2.72. The number of ether oxygens (including phenoxy) is 1. The average molecular weight is 242 g/mol. The minimum atomic E-state index is 0.284.